The Balaban J connectivity index is 4.07. The van der Waals surface area contributed by atoms with Crippen molar-refractivity contribution in [3.63, 3.8) is 0 Å². The molecule has 19 heavy (non-hydrogen) atoms. The van der Waals surface area contributed by atoms with Crippen LogP contribution in [0.25, 0.3) is 0 Å². The molecule has 0 saturated carbocycles. The van der Waals surface area contributed by atoms with E-state index in [-0.39, 0.29) is 0 Å². The van der Waals surface area contributed by atoms with Gasteiger partial charge in [-0.25, -0.2) is 0 Å². The van der Waals surface area contributed by atoms with Gasteiger partial charge in [0.25, 0.3) is 0 Å². The molecule has 0 radical (unpaired) electrons. The maximum Gasteiger partial charge on any atom is 0.00191 e. The maximum absolute atomic E-state index is 3.55. The molecule has 2 heteroatoms. The summed E-state index contributed by atoms with van der Waals surface area (Å²) in [5, 5.41) is 3.55. The molecule has 1 unspecified atom stereocenters. The van der Waals surface area contributed by atoms with E-state index < -0.39 is 0 Å². The van der Waals surface area contributed by atoms with Gasteiger partial charge in [0.05, 0.1) is 0 Å². The van der Waals surface area contributed by atoms with Gasteiger partial charge < -0.3 is 10.2 Å². The van der Waals surface area contributed by atoms with Crippen molar-refractivity contribution in [2.24, 2.45) is 17.8 Å². The summed E-state index contributed by atoms with van der Waals surface area (Å²) in [6.45, 7) is 21.0. The third-order valence-electron chi connectivity index (χ3n) is 3.49. The summed E-state index contributed by atoms with van der Waals surface area (Å²) in [6, 6.07) is 0.599. The molecule has 0 aromatic rings. The van der Waals surface area contributed by atoms with Gasteiger partial charge in [-0.2, -0.15) is 0 Å². The van der Waals surface area contributed by atoms with Crippen LogP contribution in [-0.2, 0) is 0 Å². The molecule has 0 aliphatic heterocycles. The highest BCUT2D eigenvalue weighted by Gasteiger charge is 2.12. The minimum atomic E-state index is 0.599. The number of hydrogen-bond acceptors (Lipinski definition) is 2. The lowest BCUT2D eigenvalue weighted by molar-refractivity contribution is 0.211. The van der Waals surface area contributed by atoms with Crippen molar-refractivity contribution in [3.05, 3.63) is 0 Å². The van der Waals surface area contributed by atoms with E-state index in [9.17, 15) is 0 Å². The van der Waals surface area contributed by atoms with Gasteiger partial charge in [0, 0.05) is 12.6 Å². The van der Waals surface area contributed by atoms with Crippen LogP contribution >= 0.6 is 0 Å². The zero-order valence-electron chi connectivity index (χ0n) is 14.5. The molecule has 0 bridgehead atoms. The average Bonchev–Trinajstić information content (AvgIpc) is 2.29. The zero-order chi connectivity index (χ0) is 14.8. The summed E-state index contributed by atoms with van der Waals surface area (Å²) in [4.78, 5) is 2.67. The monoisotopic (exact) mass is 270 g/mol. The average molecular weight is 271 g/mol. The molecule has 0 aliphatic carbocycles. The molecule has 0 amide bonds. The number of rotatable bonds is 11. The Kier molecular flexibility index (Phi) is 10.6. The highest BCUT2D eigenvalue weighted by atomic mass is 15.1. The lowest BCUT2D eigenvalue weighted by atomic mass is 10.1. The molecule has 0 aromatic carbocycles. The third-order valence-corrected chi connectivity index (χ3v) is 3.49. The molecule has 0 aromatic heterocycles. The lowest BCUT2D eigenvalue weighted by Crippen LogP contribution is -2.37. The molecule has 0 heterocycles. The summed E-state index contributed by atoms with van der Waals surface area (Å²) < 4.78 is 0. The fourth-order valence-electron chi connectivity index (χ4n) is 2.12. The molecule has 0 spiro atoms. The first-order valence-electron chi connectivity index (χ1n) is 8.27. The van der Waals surface area contributed by atoms with Gasteiger partial charge in [0.1, 0.15) is 0 Å². The predicted molar refractivity (Wildman–Crippen MR) is 87.7 cm³/mol. The zero-order valence-corrected chi connectivity index (χ0v) is 14.5. The Labute approximate surface area is 122 Å². The normalized spacial score (nSPS) is 14.1. The van der Waals surface area contributed by atoms with E-state index in [0.29, 0.717) is 6.04 Å². The molecule has 116 valence electrons. The summed E-state index contributed by atoms with van der Waals surface area (Å²) in [5.74, 6) is 2.36. The van der Waals surface area contributed by atoms with Gasteiger partial charge in [0.2, 0.25) is 0 Å². The predicted octanol–water partition coefficient (Wildman–Crippen LogP) is 4.01. The van der Waals surface area contributed by atoms with E-state index in [1.807, 2.05) is 0 Å². The van der Waals surface area contributed by atoms with Gasteiger partial charge in [-0.15, -0.1) is 0 Å². The van der Waals surface area contributed by atoms with Crippen LogP contribution in [0.15, 0.2) is 0 Å². The lowest BCUT2D eigenvalue weighted by Gasteiger charge is -2.27. The van der Waals surface area contributed by atoms with Crippen LogP contribution in [0, 0.1) is 17.8 Å². The Hall–Kier alpha value is -0.0800. The van der Waals surface area contributed by atoms with Crippen LogP contribution in [0.2, 0.25) is 0 Å². The van der Waals surface area contributed by atoms with Crippen LogP contribution in [0.5, 0.6) is 0 Å². The molecule has 1 N–H and O–H groups in total. The molecule has 1 atom stereocenters. The minimum absolute atomic E-state index is 0.599. The van der Waals surface area contributed by atoms with E-state index in [4.69, 9.17) is 0 Å². The quantitative estimate of drug-likeness (QED) is 0.610. The third kappa shape index (κ3) is 12.7. The molecule has 0 fully saturated rings. The second kappa shape index (κ2) is 10.7. The van der Waals surface area contributed by atoms with E-state index in [2.05, 4.69) is 58.7 Å². The largest absolute Gasteiger partial charge is 0.314 e. The maximum atomic E-state index is 3.55. The van der Waals surface area contributed by atoms with Crippen molar-refractivity contribution in [2.75, 3.05) is 26.2 Å². The number of nitrogens with zero attached hydrogens (tertiary/aromatic N) is 1. The summed E-state index contributed by atoms with van der Waals surface area (Å²) in [6.07, 6.45) is 2.64. The first kappa shape index (κ1) is 18.9. The molecule has 0 rings (SSSR count). The molecule has 0 aliphatic rings. The van der Waals surface area contributed by atoms with Crippen LogP contribution < -0.4 is 5.32 Å². The summed E-state index contributed by atoms with van der Waals surface area (Å²) in [7, 11) is 0. The van der Waals surface area contributed by atoms with E-state index in [1.54, 1.807) is 0 Å². The van der Waals surface area contributed by atoms with E-state index >= 15 is 0 Å². The van der Waals surface area contributed by atoms with Crippen LogP contribution in [0.1, 0.15) is 61.3 Å². The van der Waals surface area contributed by atoms with Gasteiger partial charge in [-0.05, 0) is 50.2 Å². The van der Waals surface area contributed by atoms with E-state index in [0.717, 1.165) is 24.3 Å². The fraction of sp³-hybridized carbons (Fsp3) is 1.00. The van der Waals surface area contributed by atoms with Crippen LogP contribution in [0.3, 0.4) is 0 Å². The second-order valence-electron chi connectivity index (χ2n) is 7.33. The van der Waals surface area contributed by atoms with Gasteiger partial charge >= 0.3 is 0 Å². The van der Waals surface area contributed by atoms with Crippen molar-refractivity contribution in [1.82, 2.24) is 10.2 Å². The SMILES string of the molecule is CC(C)CCN(CCC(C)C)CC(C)CNC(C)C. The van der Waals surface area contributed by atoms with Crippen molar-refractivity contribution in [3.8, 4) is 0 Å². The van der Waals surface area contributed by atoms with Crippen LogP contribution in [0.4, 0.5) is 0 Å². The smallest absolute Gasteiger partial charge is 0.00191 e. The summed E-state index contributed by atoms with van der Waals surface area (Å²) >= 11 is 0. The first-order valence-corrected chi connectivity index (χ1v) is 8.27. The Bertz CT molecular complexity index is 187. The molecule has 0 saturated heterocycles. The van der Waals surface area contributed by atoms with Gasteiger partial charge in [0.15, 0.2) is 0 Å². The van der Waals surface area contributed by atoms with Crippen molar-refractivity contribution >= 4 is 0 Å². The van der Waals surface area contributed by atoms with Gasteiger partial charge in [-0.3, -0.25) is 0 Å². The van der Waals surface area contributed by atoms with Crippen LogP contribution in [-0.4, -0.2) is 37.1 Å². The first-order chi connectivity index (χ1) is 8.81. The molecular weight excluding hydrogens is 232 g/mol. The Morgan fingerprint density at radius 3 is 1.63 bits per heavy atom. The molecule has 2 nitrogen and oxygen atoms in total. The van der Waals surface area contributed by atoms with Crippen molar-refractivity contribution in [1.29, 1.82) is 0 Å². The minimum Gasteiger partial charge on any atom is -0.314 e. The van der Waals surface area contributed by atoms with Crippen molar-refractivity contribution < 1.29 is 0 Å². The Morgan fingerprint density at radius 1 is 0.789 bits per heavy atom. The summed E-state index contributed by atoms with van der Waals surface area (Å²) in [5.41, 5.74) is 0. The van der Waals surface area contributed by atoms with Gasteiger partial charge in [-0.1, -0.05) is 48.5 Å². The Morgan fingerprint density at radius 2 is 1.26 bits per heavy atom. The second-order valence-corrected chi connectivity index (χ2v) is 7.33. The van der Waals surface area contributed by atoms with E-state index in [1.165, 1.54) is 32.5 Å². The topological polar surface area (TPSA) is 15.3 Å². The number of nitrogens with one attached hydrogen (secondary N) is 1. The standard InChI is InChI=1S/C17H38N2/c1-14(2)8-10-19(11-9-15(3)4)13-17(7)12-18-16(5)6/h14-18H,8-13H2,1-7H3. The highest BCUT2D eigenvalue weighted by Crippen LogP contribution is 2.09. The fourth-order valence-corrected chi connectivity index (χ4v) is 2.12. The molecular formula is C17H38N2. The van der Waals surface area contributed by atoms with Crippen molar-refractivity contribution in [2.45, 2.75) is 67.3 Å². The highest BCUT2D eigenvalue weighted by molar-refractivity contribution is 4.68. The number of hydrogen-bond donors (Lipinski definition) is 1.